The van der Waals surface area contributed by atoms with Crippen molar-refractivity contribution >= 4 is 28.5 Å². The number of benzene rings is 1. The van der Waals surface area contributed by atoms with Crippen molar-refractivity contribution in [2.75, 3.05) is 11.9 Å². The van der Waals surface area contributed by atoms with Crippen LogP contribution in [0.4, 0.5) is 14.6 Å². The van der Waals surface area contributed by atoms with Crippen LogP contribution in [-0.4, -0.2) is 26.7 Å². The number of hydrogen-bond acceptors (Lipinski definition) is 4. The van der Waals surface area contributed by atoms with E-state index < -0.39 is 11.6 Å². The number of aromatic amines is 1. The molecule has 3 rings (SSSR count). The fourth-order valence-electron chi connectivity index (χ4n) is 2.02. The predicted octanol–water partition coefficient (Wildman–Crippen LogP) is 2.94. The molecule has 0 unspecified atom stereocenters. The predicted molar refractivity (Wildman–Crippen MR) is 75.2 cm³/mol. The molecule has 0 atom stereocenters. The zero-order valence-electron chi connectivity index (χ0n) is 10.7. The second-order valence-electron chi connectivity index (χ2n) is 4.43. The molecule has 0 aliphatic carbocycles. The molecule has 0 amide bonds. The molecule has 0 fully saturated rings. The van der Waals surface area contributed by atoms with Gasteiger partial charge in [0.25, 0.3) is 0 Å². The lowest BCUT2D eigenvalue weighted by Gasteiger charge is -2.07. The summed E-state index contributed by atoms with van der Waals surface area (Å²) in [5.41, 5.74) is 1.08. The molecule has 21 heavy (non-hydrogen) atoms. The summed E-state index contributed by atoms with van der Waals surface area (Å²) in [6.07, 6.45) is 2.02. The molecule has 108 valence electrons. The first-order valence-electron chi connectivity index (χ1n) is 6.17. The average molecular weight is 310 g/mol. The summed E-state index contributed by atoms with van der Waals surface area (Å²) in [6, 6.07) is 3.44. The first kappa shape index (κ1) is 13.7. The highest BCUT2D eigenvalue weighted by Gasteiger charge is 2.08. The van der Waals surface area contributed by atoms with Crippen LogP contribution < -0.4 is 5.32 Å². The zero-order chi connectivity index (χ0) is 14.8. The number of halogens is 3. The Morgan fingerprint density at radius 3 is 2.67 bits per heavy atom. The van der Waals surface area contributed by atoms with Crippen molar-refractivity contribution in [3.8, 4) is 0 Å². The summed E-state index contributed by atoms with van der Waals surface area (Å²) in [7, 11) is 0. The van der Waals surface area contributed by atoms with Crippen molar-refractivity contribution in [2.45, 2.75) is 6.42 Å². The van der Waals surface area contributed by atoms with Gasteiger partial charge in [0.05, 0.1) is 11.6 Å². The van der Waals surface area contributed by atoms with Gasteiger partial charge in [-0.05, 0) is 35.7 Å². The second kappa shape index (κ2) is 5.61. The molecule has 0 radical (unpaired) electrons. The molecule has 0 aliphatic rings. The summed E-state index contributed by atoms with van der Waals surface area (Å²) >= 11 is 5.81. The monoisotopic (exact) mass is 309 g/mol. The van der Waals surface area contributed by atoms with Crippen molar-refractivity contribution in [3.05, 3.63) is 46.9 Å². The Bertz CT molecular complexity index is 769. The lowest BCUT2D eigenvalue weighted by Crippen LogP contribution is -2.07. The van der Waals surface area contributed by atoms with E-state index in [1.54, 1.807) is 6.20 Å². The van der Waals surface area contributed by atoms with Gasteiger partial charge < -0.3 is 5.32 Å². The Hall–Kier alpha value is -2.28. The van der Waals surface area contributed by atoms with Crippen molar-refractivity contribution in [3.63, 3.8) is 0 Å². The van der Waals surface area contributed by atoms with Crippen LogP contribution in [0, 0.1) is 11.6 Å². The Morgan fingerprint density at radius 1 is 1.14 bits per heavy atom. The van der Waals surface area contributed by atoms with Crippen LogP contribution in [0.15, 0.2) is 24.4 Å². The summed E-state index contributed by atoms with van der Waals surface area (Å²) < 4.78 is 26.2. The van der Waals surface area contributed by atoms with Gasteiger partial charge in [-0.1, -0.05) is 0 Å². The van der Waals surface area contributed by atoms with E-state index >= 15 is 0 Å². The third-order valence-corrected chi connectivity index (χ3v) is 3.08. The molecule has 2 heterocycles. The molecule has 2 N–H and O–H groups in total. The van der Waals surface area contributed by atoms with E-state index in [0.29, 0.717) is 35.4 Å². The Kier molecular flexibility index (Phi) is 3.66. The number of anilines is 1. The largest absolute Gasteiger partial charge is 0.369 e. The van der Waals surface area contributed by atoms with Gasteiger partial charge in [-0.3, -0.25) is 5.10 Å². The molecule has 0 aliphatic heterocycles. The van der Waals surface area contributed by atoms with E-state index in [4.69, 9.17) is 11.6 Å². The van der Waals surface area contributed by atoms with Gasteiger partial charge in [-0.2, -0.15) is 15.1 Å². The fraction of sp³-hybridized carbons (Fsp3) is 0.154. The summed E-state index contributed by atoms with van der Waals surface area (Å²) in [6.45, 7) is 0.441. The van der Waals surface area contributed by atoms with E-state index in [1.165, 1.54) is 12.1 Å². The first-order valence-corrected chi connectivity index (χ1v) is 6.55. The van der Waals surface area contributed by atoms with Crippen molar-refractivity contribution < 1.29 is 8.78 Å². The molecule has 0 bridgehead atoms. The third kappa shape index (κ3) is 3.08. The summed E-state index contributed by atoms with van der Waals surface area (Å²) in [5.74, 6) is -0.657. The molecule has 3 aromatic rings. The number of fused-ring (bicyclic) bond motifs is 1. The van der Waals surface area contributed by atoms with Crippen LogP contribution in [-0.2, 0) is 6.42 Å². The average Bonchev–Trinajstić information content (AvgIpc) is 2.85. The molecular formula is C13H10ClF2N5. The summed E-state index contributed by atoms with van der Waals surface area (Å²) in [5, 5.41) is 10.4. The normalized spacial score (nSPS) is 11.0. The topological polar surface area (TPSA) is 66.5 Å². The Morgan fingerprint density at radius 2 is 1.90 bits per heavy atom. The van der Waals surface area contributed by atoms with Crippen LogP contribution in [0.5, 0.6) is 0 Å². The van der Waals surface area contributed by atoms with Gasteiger partial charge in [0.15, 0.2) is 5.65 Å². The SMILES string of the molecule is Fc1cc(F)cc(CCNc2nc(Cl)nc3[nH]ncc23)c1. The number of H-pyrrole nitrogens is 1. The van der Waals surface area contributed by atoms with E-state index in [9.17, 15) is 8.78 Å². The second-order valence-corrected chi connectivity index (χ2v) is 4.77. The van der Waals surface area contributed by atoms with Gasteiger partial charge in [0.1, 0.15) is 17.5 Å². The van der Waals surface area contributed by atoms with Crippen molar-refractivity contribution in [1.29, 1.82) is 0 Å². The molecule has 8 heteroatoms. The molecule has 5 nitrogen and oxygen atoms in total. The van der Waals surface area contributed by atoms with Gasteiger partial charge in [0.2, 0.25) is 5.28 Å². The fourth-order valence-corrected chi connectivity index (χ4v) is 2.19. The Balaban J connectivity index is 1.73. The smallest absolute Gasteiger partial charge is 0.226 e. The summed E-state index contributed by atoms with van der Waals surface area (Å²) in [4.78, 5) is 8.06. The Labute approximate surface area is 123 Å². The first-order chi connectivity index (χ1) is 10.1. The number of nitrogens with one attached hydrogen (secondary N) is 2. The highest BCUT2D eigenvalue weighted by molar-refractivity contribution is 6.28. The molecule has 0 saturated heterocycles. The number of aromatic nitrogens is 4. The number of hydrogen-bond donors (Lipinski definition) is 2. The van der Waals surface area contributed by atoms with Crippen molar-refractivity contribution in [1.82, 2.24) is 20.2 Å². The van der Waals surface area contributed by atoms with Gasteiger partial charge in [0, 0.05) is 12.6 Å². The van der Waals surface area contributed by atoms with E-state index in [1.807, 2.05) is 0 Å². The zero-order valence-corrected chi connectivity index (χ0v) is 11.5. The number of rotatable bonds is 4. The lowest BCUT2D eigenvalue weighted by molar-refractivity contribution is 0.580. The van der Waals surface area contributed by atoms with Gasteiger partial charge in [-0.25, -0.2) is 8.78 Å². The maximum atomic E-state index is 13.1. The van der Waals surface area contributed by atoms with Crippen LogP contribution in [0.25, 0.3) is 11.0 Å². The molecule has 0 spiro atoms. The quantitative estimate of drug-likeness (QED) is 0.727. The highest BCUT2D eigenvalue weighted by atomic mass is 35.5. The highest BCUT2D eigenvalue weighted by Crippen LogP contribution is 2.19. The number of nitrogens with zero attached hydrogens (tertiary/aromatic N) is 3. The van der Waals surface area contributed by atoms with Gasteiger partial charge >= 0.3 is 0 Å². The van der Waals surface area contributed by atoms with Gasteiger partial charge in [-0.15, -0.1) is 0 Å². The van der Waals surface area contributed by atoms with Crippen LogP contribution in [0.2, 0.25) is 5.28 Å². The maximum Gasteiger partial charge on any atom is 0.226 e. The molecule has 0 saturated carbocycles. The molecule has 1 aromatic carbocycles. The molecule has 2 aromatic heterocycles. The van der Waals surface area contributed by atoms with Crippen LogP contribution >= 0.6 is 11.6 Å². The van der Waals surface area contributed by atoms with Crippen LogP contribution in [0.1, 0.15) is 5.56 Å². The maximum absolute atomic E-state index is 13.1. The lowest BCUT2D eigenvalue weighted by atomic mass is 10.1. The molecular weight excluding hydrogens is 300 g/mol. The van der Waals surface area contributed by atoms with E-state index in [-0.39, 0.29) is 5.28 Å². The standard InChI is InChI=1S/C13H10ClF2N5/c14-13-19-11(10-6-18-21-12(10)20-13)17-2-1-7-3-8(15)5-9(16)4-7/h3-6H,1-2H2,(H2,17,18,19,20,21). The minimum absolute atomic E-state index is 0.0889. The van der Waals surface area contributed by atoms with Crippen molar-refractivity contribution in [2.24, 2.45) is 0 Å². The minimum Gasteiger partial charge on any atom is -0.369 e. The van der Waals surface area contributed by atoms with E-state index in [0.717, 1.165) is 6.07 Å². The minimum atomic E-state index is -0.590. The van der Waals surface area contributed by atoms with Crippen LogP contribution in [0.3, 0.4) is 0 Å². The van der Waals surface area contributed by atoms with E-state index in [2.05, 4.69) is 25.5 Å². The third-order valence-electron chi connectivity index (χ3n) is 2.91.